The fourth-order valence-corrected chi connectivity index (χ4v) is 3.52. The predicted octanol–water partition coefficient (Wildman–Crippen LogP) is 5.98. The van der Waals surface area contributed by atoms with E-state index in [1.165, 1.54) is 57.8 Å². The van der Waals surface area contributed by atoms with Crippen molar-refractivity contribution >= 4 is 0 Å². The van der Waals surface area contributed by atoms with Crippen molar-refractivity contribution in [2.45, 2.75) is 78.6 Å². The lowest BCUT2D eigenvalue weighted by atomic mass is 9.87. The minimum absolute atomic E-state index is 1.01. The number of rotatable bonds is 8. The predicted molar refractivity (Wildman–Crippen MR) is 78.2 cm³/mol. The molecule has 1 fully saturated rings. The van der Waals surface area contributed by atoms with Crippen molar-refractivity contribution in [3.8, 4) is 0 Å². The first-order valence-electron chi connectivity index (χ1n) is 7.91. The second-order valence-electron chi connectivity index (χ2n) is 5.99. The highest BCUT2D eigenvalue weighted by Crippen LogP contribution is 2.38. The van der Waals surface area contributed by atoms with Crippen LogP contribution in [-0.4, -0.2) is 0 Å². The summed E-state index contributed by atoms with van der Waals surface area (Å²) in [5.41, 5.74) is 0. The van der Waals surface area contributed by atoms with Crippen LogP contribution >= 0.6 is 0 Å². The van der Waals surface area contributed by atoms with Crippen LogP contribution in [0.25, 0.3) is 0 Å². The molecule has 0 amide bonds. The number of hydrogen-bond donors (Lipinski definition) is 0. The molecule has 1 rings (SSSR count). The van der Waals surface area contributed by atoms with Crippen molar-refractivity contribution in [3.05, 3.63) is 12.2 Å². The molecule has 17 heavy (non-hydrogen) atoms. The molecule has 0 aliphatic heterocycles. The van der Waals surface area contributed by atoms with Crippen molar-refractivity contribution in [3.63, 3.8) is 0 Å². The van der Waals surface area contributed by atoms with Crippen LogP contribution in [0.2, 0.25) is 0 Å². The highest BCUT2D eigenvalue weighted by Gasteiger charge is 2.25. The summed E-state index contributed by atoms with van der Waals surface area (Å²) in [4.78, 5) is 0. The smallest absolute Gasteiger partial charge is 0.0348 e. The Balaban J connectivity index is 2.20. The Morgan fingerprint density at radius 2 is 1.94 bits per heavy atom. The summed E-state index contributed by atoms with van der Waals surface area (Å²) in [6.07, 6.45) is 17.6. The maximum absolute atomic E-state index is 2.37. The van der Waals surface area contributed by atoms with E-state index in [0.29, 0.717) is 0 Å². The molecule has 3 unspecified atom stereocenters. The molecule has 0 aromatic rings. The molecule has 0 bridgehead atoms. The van der Waals surface area contributed by atoms with Crippen LogP contribution in [0.5, 0.6) is 0 Å². The molecule has 0 spiro atoms. The second-order valence-corrected chi connectivity index (χ2v) is 5.99. The topological polar surface area (TPSA) is 0 Å². The lowest BCUT2D eigenvalue weighted by Crippen LogP contribution is -2.06. The van der Waals surface area contributed by atoms with Gasteiger partial charge in [0, 0.05) is 0 Å². The summed E-state index contributed by atoms with van der Waals surface area (Å²) in [6, 6.07) is 0. The van der Waals surface area contributed by atoms with Gasteiger partial charge in [-0.3, -0.25) is 0 Å². The Labute approximate surface area is 109 Å². The zero-order valence-corrected chi connectivity index (χ0v) is 12.3. The molecular weight excluding hydrogens is 204 g/mol. The van der Waals surface area contributed by atoms with Gasteiger partial charge in [0.25, 0.3) is 0 Å². The Hall–Kier alpha value is -0.260. The second kappa shape index (κ2) is 8.78. The number of hydrogen-bond acceptors (Lipinski definition) is 0. The summed E-state index contributed by atoms with van der Waals surface area (Å²) >= 11 is 0. The van der Waals surface area contributed by atoms with Gasteiger partial charge in [0.1, 0.15) is 0 Å². The van der Waals surface area contributed by atoms with E-state index >= 15 is 0 Å². The summed E-state index contributed by atoms with van der Waals surface area (Å²) in [5, 5.41) is 0. The van der Waals surface area contributed by atoms with Gasteiger partial charge in [0.2, 0.25) is 0 Å². The highest BCUT2D eigenvalue weighted by molar-refractivity contribution is 4.82. The van der Waals surface area contributed by atoms with Gasteiger partial charge in [-0.05, 0) is 50.4 Å². The van der Waals surface area contributed by atoms with Crippen molar-refractivity contribution in [2.24, 2.45) is 17.8 Å². The third kappa shape index (κ3) is 5.75. The molecule has 1 saturated carbocycles. The van der Waals surface area contributed by atoms with Crippen LogP contribution in [0.1, 0.15) is 78.6 Å². The molecule has 0 heterocycles. The Bertz CT molecular complexity index is 204. The van der Waals surface area contributed by atoms with Gasteiger partial charge in [-0.25, -0.2) is 0 Å². The zero-order chi connectivity index (χ0) is 12.5. The van der Waals surface area contributed by atoms with E-state index in [9.17, 15) is 0 Å². The van der Waals surface area contributed by atoms with E-state index in [1.54, 1.807) is 0 Å². The SMILES string of the molecule is CC=CCCC1CCC(CC(CC)CCC)C1. The summed E-state index contributed by atoms with van der Waals surface area (Å²) in [7, 11) is 0. The van der Waals surface area contributed by atoms with Crippen molar-refractivity contribution in [2.75, 3.05) is 0 Å². The van der Waals surface area contributed by atoms with Gasteiger partial charge >= 0.3 is 0 Å². The summed E-state index contributed by atoms with van der Waals surface area (Å²) < 4.78 is 0. The summed E-state index contributed by atoms with van der Waals surface area (Å²) in [5.74, 6) is 3.11. The van der Waals surface area contributed by atoms with Crippen LogP contribution < -0.4 is 0 Å². The van der Waals surface area contributed by atoms with Gasteiger partial charge in [-0.15, -0.1) is 0 Å². The standard InChI is InChI=1S/C17H32/c1-4-7-8-10-16-11-12-17(14-16)13-15(6-3)9-5-2/h4,7,15-17H,5-6,8-14H2,1-3H3. The van der Waals surface area contributed by atoms with Gasteiger partial charge in [0.15, 0.2) is 0 Å². The molecule has 0 heteroatoms. The van der Waals surface area contributed by atoms with Gasteiger partial charge in [-0.1, -0.05) is 58.1 Å². The molecule has 0 aromatic heterocycles. The van der Waals surface area contributed by atoms with Crippen molar-refractivity contribution in [1.29, 1.82) is 0 Å². The first-order chi connectivity index (χ1) is 8.30. The zero-order valence-electron chi connectivity index (χ0n) is 12.3. The highest BCUT2D eigenvalue weighted by atomic mass is 14.3. The third-order valence-electron chi connectivity index (χ3n) is 4.57. The maximum Gasteiger partial charge on any atom is -0.0348 e. The maximum atomic E-state index is 2.37. The fraction of sp³-hybridized carbons (Fsp3) is 0.882. The Morgan fingerprint density at radius 1 is 1.18 bits per heavy atom. The molecule has 3 atom stereocenters. The van der Waals surface area contributed by atoms with Gasteiger partial charge < -0.3 is 0 Å². The normalized spacial score (nSPS) is 26.8. The molecule has 1 aliphatic rings. The molecule has 1 aliphatic carbocycles. The Morgan fingerprint density at radius 3 is 2.59 bits per heavy atom. The number of allylic oxidation sites excluding steroid dienone is 2. The first-order valence-corrected chi connectivity index (χ1v) is 7.91. The van der Waals surface area contributed by atoms with Crippen LogP contribution in [0.15, 0.2) is 12.2 Å². The van der Waals surface area contributed by atoms with Crippen LogP contribution in [-0.2, 0) is 0 Å². The minimum Gasteiger partial charge on any atom is -0.0917 e. The van der Waals surface area contributed by atoms with E-state index in [-0.39, 0.29) is 0 Å². The third-order valence-corrected chi connectivity index (χ3v) is 4.57. The fourth-order valence-electron chi connectivity index (χ4n) is 3.52. The molecule has 0 saturated heterocycles. The molecule has 0 aromatic carbocycles. The quantitative estimate of drug-likeness (QED) is 0.455. The molecular formula is C17H32. The van der Waals surface area contributed by atoms with E-state index in [0.717, 1.165) is 17.8 Å². The largest absolute Gasteiger partial charge is 0.0917 e. The van der Waals surface area contributed by atoms with E-state index in [4.69, 9.17) is 0 Å². The van der Waals surface area contributed by atoms with Crippen molar-refractivity contribution < 1.29 is 0 Å². The average Bonchev–Trinajstić information content (AvgIpc) is 2.77. The Kier molecular flexibility index (Phi) is 7.64. The van der Waals surface area contributed by atoms with Crippen LogP contribution in [0.3, 0.4) is 0 Å². The lowest BCUT2D eigenvalue weighted by molar-refractivity contribution is 0.336. The minimum atomic E-state index is 1.01. The van der Waals surface area contributed by atoms with Crippen LogP contribution in [0, 0.1) is 17.8 Å². The van der Waals surface area contributed by atoms with Crippen molar-refractivity contribution in [1.82, 2.24) is 0 Å². The van der Waals surface area contributed by atoms with Gasteiger partial charge in [-0.2, -0.15) is 0 Å². The van der Waals surface area contributed by atoms with Crippen LogP contribution in [0.4, 0.5) is 0 Å². The van der Waals surface area contributed by atoms with E-state index in [1.807, 2.05) is 0 Å². The van der Waals surface area contributed by atoms with E-state index in [2.05, 4.69) is 32.9 Å². The molecule has 0 nitrogen and oxygen atoms in total. The average molecular weight is 236 g/mol. The monoisotopic (exact) mass is 236 g/mol. The molecule has 100 valence electrons. The molecule has 0 radical (unpaired) electrons. The van der Waals surface area contributed by atoms with E-state index < -0.39 is 0 Å². The van der Waals surface area contributed by atoms with Gasteiger partial charge in [0.05, 0.1) is 0 Å². The summed E-state index contributed by atoms with van der Waals surface area (Å²) in [6.45, 7) is 6.84. The first kappa shape index (κ1) is 14.8. The molecule has 0 N–H and O–H groups in total. The lowest BCUT2D eigenvalue weighted by Gasteiger charge is -2.18.